The van der Waals surface area contributed by atoms with Gasteiger partial charge in [0.05, 0.1) is 0 Å². The quantitative estimate of drug-likeness (QED) is 0.795. The van der Waals surface area contributed by atoms with Crippen molar-refractivity contribution in [2.75, 3.05) is 5.32 Å². The fraction of sp³-hybridized carbons (Fsp3) is 0.200. The Morgan fingerprint density at radius 3 is 2.70 bits per heavy atom. The SMILES string of the molecule is Cc1cc(NC(C)c2ccc(Cl)cc2)n2ncnc2c1. The second-order valence-electron chi connectivity index (χ2n) is 4.87. The third-order valence-corrected chi connectivity index (χ3v) is 3.51. The molecule has 4 nitrogen and oxygen atoms in total. The maximum absolute atomic E-state index is 5.92. The lowest BCUT2D eigenvalue weighted by Crippen LogP contribution is -2.10. The molecule has 2 aromatic heterocycles. The number of aromatic nitrogens is 3. The van der Waals surface area contributed by atoms with E-state index in [1.807, 2.05) is 37.3 Å². The van der Waals surface area contributed by atoms with E-state index in [9.17, 15) is 0 Å². The number of nitrogens with zero attached hydrogens (tertiary/aromatic N) is 3. The first-order chi connectivity index (χ1) is 9.63. The summed E-state index contributed by atoms with van der Waals surface area (Å²) in [5, 5.41) is 8.45. The average Bonchev–Trinajstić information content (AvgIpc) is 2.87. The van der Waals surface area contributed by atoms with Gasteiger partial charge >= 0.3 is 0 Å². The largest absolute Gasteiger partial charge is 0.363 e. The molecule has 1 unspecified atom stereocenters. The smallest absolute Gasteiger partial charge is 0.157 e. The summed E-state index contributed by atoms with van der Waals surface area (Å²) >= 11 is 5.92. The molecule has 0 aliphatic carbocycles. The van der Waals surface area contributed by atoms with Crippen molar-refractivity contribution in [3.05, 3.63) is 58.9 Å². The molecular weight excluding hydrogens is 272 g/mol. The van der Waals surface area contributed by atoms with Crippen LogP contribution in [0.3, 0.4) is 0 Å². The van der Waals surface area contributed by atoms with Gasteiger partial charge in [0, 0.05) is 11.1 Å². The first-order valence-electron chi connectivity index (χ1n) is 6.46. The number of fused-ring (bicyclic) bond motifs is 1. The van der Waals surface area contributed by atoms with Gasteiger partial charge in [-0.25, -0.2) is 4.98 Å². The van der Waals surface area contributed by atoms with Gasteiger partial charge in [-0.1, -0.05) is 23.7 Å². The topological polar surface area (TPSA) is 42.2 Å². The van der Waals surface area contributed by atoms with Crippen molar-refractivity contribution in [2.24, 2.45) is 0 Å². The Kier molecular flexibility index (Phi) is 3.32. The molecular formula is C15H15ClN4. The summed E-state index contributed by atoms with van der Waals surface area (Å²) in [7, 11) is 0. The van der Waals surface area contributed by atoms with E-state index in [0.717, 1.165) is 22.1 Å². The monoisotopic (exact) mass is 286 g/mol. The maximum Gasteiger partial charge on any atom is 0.157 e. The van der Waals surface area contributed by atoms with Gasteiger partial charge in [-0.2, -0.15) is 9.61 Å². The van der Waals surface area contributed by atoms with Gasteiger partial charge in [-0.15, -0.1) is 0 Å². The molecule has 0 saturated carbocycles. The molecule has 0 amide bonds. The van der Waals surface area contributed by atoms with E-state index in [0.29, 0.717) is 0 Å². The number of benzene rings is 1. The van der Waals surface area contributed by atoms with Gasteiger partial charge in [0.15, 0.2) is 5.65 Å². The highest BCUT2D eigenvalue weighted by molar-refractivity contribution is 6.30. The second-order valence-corrected chi connectivity index (χ2v) is 5.30. The van der Waals surface area contributed by atoms with Crippen LogP contribution in [-0.2, 0) is 0 Å². The standard InChI is InChI=1S/C15H15ClN4/c1-10-7-14-17-9-18-20(14)15(8-10)19-11(2)12-3-5-13(16)6-4-12/h3-9,11,19H,1-2H3. The molecule has 0 spiro atoms. The molecule has 1 aromatic carbocycles. The lowest BCUT2D eigenvalue weighted by atomic mass is 10.1. The summed E-state index contributed by atoms with van der Waals surface area (Å²) in [5.41, 5.74) is 3.16. The maximum atomic E-state index is 5.92. The fourth-order valence-corrected chi connectivity index (χ4v) is 2.34. The van der Waals surface area contributed by atoms with E-state index >= 15 is 0 Å². The van der Waals surface area contributed by atoms with Gasteiger partial charge in [0.25, 0.3) is 0 Å². The average molecular weight is 287 g/mol. The zero-order valence-corrected chi connectivity index (χ0v) is 12.1. The number of aryl methyl sites for hydroxylation is 1. The number of halogens is 1. The van der Waals surface area contributed by atoms with Crippen LogP contribution in [0.5, 0.6) is 0 Å². The van der Waals surface area contributed by atoms with Gasteiger partial charge in [0.1, 0.15) is 12.1 Å². The molecule has 5 heteroatoms. The number of rotatable bonds is 3. The molecule has 0 aliphatic heterocycles. The molecule has 1 atom stereocenters. The number of nitrogens with one attached hydrogen (secondary N) is 1. The minimum atomic E-state index is 0.154. The lowest BCUT2D eigenvalue weighted by Gasteiger charge is -2.17. The summed E-state index contributed by atoms with van der Waals surface area (Å²) in [6.45, 7) is 4.15. The summed E-state index contributed by atoms with van der Waals surface area (Å²) in [4.78, 5) is 4.23. The van der Waals surface area contributed by atoms with Crippen LogP contribution in [0, 0.1) is 6.92 Å². The van der Waals surface area contributed by atoms with Crippen LogP contribution >= 0.6 is 11.6 Å². The minimum absolute atomic E-state index is 0.154. The van der Waals surface area contributed by atoms with E-state index < -0.39 is 0 Å². The zero-order valence-electron chi connectivity index (χ0n) is 11.3. The fourth-order valence-electron chi connectivity index (χ4n) is 2.22. The van der Waals surface area contributed by atoms with Crippen LogP contribution in [0.4, 0.5) is 5.82 Å². The Labute approximate surface area is 122 Å². The van der Waals surface area contributed by atoms with E-state index in [4.69, 9.17) is 11.6 Å². The molecule has 102 valence electrons. The second kappa shape index (κ2) is 5.13. The van der Waals surface area contributed by atoms with Crippen molar-refractivity contribution in [3.63, 3.8) is 0 Å². The minimum Gasteiger partial charge on any atom is -0.363 e. The van der Waals surface area contributed by atoms with Crippen LogP contribution in [-0.4, -0.2) is 14.6 Å². The molecule has 0 radical (unpaired) electrons. The Morgan fingerprint density at radius 2 is 1.95 bits per heavy atom. The summed E-state index contributed by atoms with van der Waals surface area (Å²) in [6, 6.07) is 12.1. The molecule has 0 saturated heterocycles. The lowest BCUT2D eigenvalue weighted by molar-refractivity contribution is 0.845. The van der Waals surface area contributed by atoms with Gasteiger partial charge < -0.3 is 5.32 Å². The molecule has 20 heavy (non-hydrogen) atoms. The molecule has 0 fully saturated rings. The summed E-state index contributed by atoms with van der Waals surface area (Å²) < 4.78 is 1.80. The Bertz CT molecular complexity index is 733. The zero-order chi connectivity index (χ0) is 14.1. The highest BCUT2D eigenvalue weighted by atomic mass is 35.5. The predicted molar refractivity (Wildman–Crippen MR) is 81.2 cm³/mol. The van der Waals surface area contributed by atoms with Crippen LogP contribution in [0.2, 0.25) is 5.02 Å². The Morgan fingerprint density at radius 1 is 1.20 bits per heavy atom. The third-order valence-electron chi connectivity index (χ3n) is 3.26. The van der Waals surface area contributed by atoms with Crippen LogP contribution in [0.25, 0.3) is 5.65 Å². The molecule has 0 aliphatic rings. The van der Waals surface area contributed by atoms with Crippen molar-refractivity contribution < 1.29 is 0 Å². The molecule has 2 heterocycles. The number of hydrogen-bond donors (Lipinski definition) is 1. The Hall–Kier alpha value is -2.07. The highest BCUT2D eigenvalue weighted by Gasteiger charge is 2.09. The van der Waals surface area contributed by atoms with Crippen LogP contribution in [0.1, 0.15) is 24.1 Å². The number of pyridine rings is 1. The van der Waals surface area contributed by atoms with Crippen molar-refractivity contribution in [1.82, 2.24) is 14.6 Å². The van der Waals surface area contributed by atoms with Crippen LogP contribution in [0.15, 0.2) is 42.7 Å². The molecule has 1 N–H and O–H groups in total. The number of hydrogen-bond acceptors (Lipinski definition) is 3. The highest BCUT2D eigenvalue weighted by Crippen LogP contribution is 2.22. The van der Waals surface area contributed by atoms with Crippen LogP contribution < -0.4 is 5.32 Å². The summed E-state index contributed by atoms with van der Waals surface area (Å²) in [5.74, 6) is 0.931. The normalized spacial score (nSPS) is 12.6. The first kappa shape index (κ1) is 12.9. The van der Waals surface area contributed by atoms with Crippen molar-refractivity contribution in [1.29, 1.82) is 0 Å². The van der Waals surface area contributed by atoms with E-state index in [1.54, 1.807) is 10.8 Å². The molecule has 3 rings (SSSR count). The first-order valence-corrected chi connectivity index (χ1v) is 6.83. The van der Waals surface area contributed by atoms with E-state index in [-0.39, 0.29) is 6.04 Å². The Balaban J connectivity index is 1.92. The van der Waals surface area contributed by atoms with E-state index in [1.165, 1.54) is 5.56 Å². The van der Waals surface area contributed by atoms with Gasteiger partial charge in [0.2, 0.25) is 0 Å². The number of anilines is 1. The van der Waals surface area contributed by atoms with E-state index in [2.05, 4.69) is 28.4 Å². The molecule has 0 bridgehead atoms. The van der Waals surface area contributed by atoms with Crippen molar-refractivity contribution in [3.8, 4) is 0 Å². The predicted octanol–water partition coefficient (Wildman–Crippen LogP) is 3.86. The summed E-state index contributed by atoms with van der Waals surface area (Å²) in [6.07, 6.45) is 1.56. The molecule has 3 aromatic rings. The van der Waals surface area contributed by atoms with Gasteiger partial charge in [-0.05, 0) is 49.2 Å². The third kappa shape index (κ3) is 2.47. The van der Waals surface area contributed by atoms with Crippen molar-refractivity contribution in [2.45, 2.75) is 19.9 Å². The van der Waals surface area contributed by atoms with Gasteiger partial charge in [-0.3, -0.25) is 0 Å². The van der Waals surface area contributed by atoms with Crippen molar-refractivity contribution >= 4 is 23.1 Å².